The lowest BCUT2D eigenvalue weighted by Gasteiger charge is -2.05. The normalized spacial score (nSPS) is 10.0. The molecule has 1 aromatic heterocycles. The number of para-hydroxylation sites is 1. The molecule has 0 fully saturated rings. The lowest BCUT2D eigenvalue weighted by atomic mass is 10.1. The van der Waals surface area contributed by atoms with E-state index in [0.717, 1.165) is 22.3 Å². The summed E-state index contributed by atoms with van der Waals surface area (Å²) in [5, 5.41) is 6.37. The van der Waals surface area contributed by atoms with Crippen LogP contribution in [-0.2, 0) is 6.54 Å². The smallest absolute Gasteiger partial charge is 0.339 e. The summed E-state index contributed by atoms with van der Waals surface area (Å²) in [4.78, 5) is 12.6. The van der Waals surface area contributed by atoms with Crippen molar-refractivity contribution in [1.82, 2.24) is 0 Å². The van der Waals surface area contributed by atoms with Crippen molar-refractivity contribution >= 4 is 27.9 Å². The van der Waals surface area contributed by atoms with Gasteiger partial charge < -0.3 is 21.7 Å². The van der Waals surface area contributed by atoms with Crippen LogP contribution in [0, 0.1) is 6.92 Å². The van der Waals surface area contributed by atoms with E-state index in [-0.39, 0.29) is 22.8 Å². The molecule has 6 heteroatoms. The Kier molecular flexibility index (Phi) is 6.73. The Morgan fingerprint density at radius 2 is 1.80 bits per heavy atom. The Morgan fingerprint density at radius 1 is 1.12 bits per heavy atom. The summed E-state index contributed by atoms with van der Waals surface area (Å²) in [6, 6.07) is 17.2. The molecule has 0 saturated carbocycles. The number of hydrogen-bond acceptors (Lipinski definition) is 4. The molecule has 2 aromatic carbocycles. The van der Waals surface area contributed by atoms with Gasteiger partial charge in [0.15, 0.2) is 6.54 Å². The fourth-order valence-corrected chi connectivity index (χ4v) is 3.30. The maximum Gasteiger partial charge on any atom is 0.339 e. The van der Waals surface area contributed by atoms with Crippen molar-refractivity contribution in [2.75, 3.05) is 12.4 Å². The number of Topliss-reactive ketones (excluding diaryl/α,β-unsaturated/α-hetero) is 1. The molecular weight excluding hydrogens is 400 g/mol. The fourth-order valence-electron chi connectivity index (χ4n) is 2.38. The first kappa shape index (κ1) is 19.1. The topological polar surface area (TPSA) is 42.2 Å². The van der Waals surface area contributed by atoms with Gasteiger partial charge in [-0.1, -0.05) is 29.5 Å². The number of carbonyl (C=O) groups excluding carboxylic acids is 1. The number of rotatable bonds is 6. The minimum absolute atomic E-state index is 0. The third-order valence-corrected chi connectivity index (χ3v) is 4.76. The molecule has 0 aliphatic heterocycles. The number of thiazole rings is 1. The molecule has 3 aromatic rings. The van der Waals surface area contributed by atoms with E-state index in [9.17, 15) is 4.79 Å². The van der Waals surface area contributed by atoms with Crippen LogP contribution in [0.5, 0.6) is 5.75 Å². The molecule has 4 nitrogen and oxygen atoms in total. The maximum atomic E-state index is 12.6. The summed E-state index contributed by atoms with van der Waals surface area (Å²) in [5.74, 6) is 0.817. The second kappa shape index (κ2) is 8.78. The highest BCUT2D eigenvalue weighted by atomic mass is 79.9. The summed E-state index contributed by atoms with van der Waals surface area (Å²) in [6.07, 6.45) is 0. The number of nitrogens with zero attached hydrogens (tertiary/aromatic N) is 1. The van der Waals surface area contributed by atoms with Gasteiger partial charge in [0.2, 0.25) is 5.78 Å². The molecule has 0 spiro atoms. The van der Waals surface area contributed by atoms with Gasteiger partial charge in [-0.15, -0.1) is 0 Å². The second-order valence-corrected chi connectivity index (χ2v) is 6.27. The quantitative estimate of drug-likeness (QED) is 0.479. The predicted octanol–water partition coefficient (Wildman–Crippen LogP) is 0.983. The standard InChI is InChI=1S/C19H18N2O2S.BrH/c1-14-13-24-19(20-16-6-4-3-5-7-16)21(14)12-18(22)15-8-10-17(23-2)11-9-15;/h3-11,13H,12H2,1-2H3;1H. The van der Waals surface area contributed by atoms with Gasteiger partial charge in [0, 0.05) is 10.9 Å². The highest BCUT2D eigenvalue weighted by Gasteiger charge is 2.19. The zero-order chi connectivity index (χ0) is 16.9. The van der Waals surface area contributed by atoms with E-state index in [2.05, 4.69) is 5.32 Å². The highest BCUT2D eigenvalue weighted by molar-refractivity contribution is 7.13. The largest absolute Gasteiger partial charge is 1.00 e. The Hall–Kier alpha value is -2.18. The van der Waals surface area contributed by atoms with Crippen LogP contribution in [0.3, 0.4) is 0 Å². The average molecular weight is 419 g/mol. The van der Waals surface area contributed by atoms with Crippen molar-refractivity contribution in [1.29, 1.82) is 0 Å². The van der Waals surface area contributed by atoms with Crippen molar-refractivity contribution in [2.24, 2.45) is 0 Å². The second-order valence-electron chi connectivity index (χ2n) is 5.41. The Balaban J connectivity index is 0.00000225. The molecule has 0 amide bonds. The van der Waals surface area contributed by atoms with Crippen LogP contribution in [0.15, 0.2) is 60.0 Å². The molecule has 1 N–H and O–H groups in total. The van der Waals surface area contributed by atoms with E-state index in [1.165, 1.54) is 0 Å². The monoisotopic (exact) mass is 418 g/mol. The van der Waals surface area contributed by atoms with Gasteiger partial charge in [-0.2, -0.15) is 0 Å². The minimum Gasteiger partial charge on any atom is -1.00 e. The van der Waals surface area contributed by atoms with E-state index in [1.807, 2.05) is 59.3 Å². The molecule has 0 saturated heterocycles. The molecule has 0 aliphatic carbocycles. The Morgan fingerprint density at radius 3 is 2.44 bits per heavy atom. The molecule has 0 bridgehead atoms. The van der Waals surface area contributed by atoms with Gasteiger partial charge in [-0.25, -0.2) is 9.88 Å². The van der Waals surface area contributed by atoms with Gasteiger partial charge in [0.05, 0.1) is 7.11 Å². The molecule has 1 heterocycles. The van der Waals surface area contributed by atoms with Gasteiger partial charge in [0.25, 0.3) is 0 Å². The van der Waals surface area contributed by atoms with Crippen LogP contribution in [0.4, 0.5) is 10.8 Å². The highest BCUT2D eigenvalue weighted by Crippen LogP contribution is 2.19. The number of halogens is 1. The summed E-state index contributed by atoms with van der Waals surface area (Å²) < 4.78 is 7.14. The minimum atomic E-state index is 0. The summed E-state index contributed by atoms with van der Waals surface area (Å²) in [7, 11) is 1.61. The fraction of sp³-hybridized carbons (Fsp3) is 0.158. The lowest BCUT2D eigenvalue weighted by Crippen LogP contribution is -3.00. The van der Waals surface area contributed by atoms with E-state index in [0.29, 0.717) is 12.1 Å². The predicted molar refractivity (Wildman–Crippen MR) is 96.3 cm³/mol. The van der Waals surface area contributed by atoms with Crippen molar-refractivity contribution in [3.8, 4) is 5.75 Å². The van der Waals surface area contributed by atoms with Crippen LogP contribution < -0.4 is 31.6 Å². The number of benzene rings is 2. The average Bonchev–Trinajstić information content (AvgIpc) is 2.96. The summed E-state index contributed by atoms with van der Waals surface area (Å²) in [6.45, 7) is 2.31. The van der Waals surface area contributed by atoms with E-state index < -0.39 is 0 Å². The molecule has 130 valence electrons. The Labute approximate surface area is 161 Å². The zero-order valence-corrected chi connectivity index (χ0v) is 16.4. The van der Waals surface area contributed by atoms with E-state index in [4.69, 9.17) is 4.74 Å². The first-order valence-electron chi connectivity index (χ1n) is 7.64. The maximum absolute atomic E-state index is 12.6. The van der Waals surface area contributed by atoms with Gasteiger partial charge in [-0.3, -0.25) is 4.79 Å². The number of carbonyl (C=O) groups is 1. The van der Waals surface area contributed by atoms with Crippen molar-refractivity contribution in [3.63, 3.8) is 0 Å². The Bertz CT molecular complexity index is 832. The van der Waals surface area contributed by atoms with Gasteiger partial charge in [0.1, 0.15) is 17.1 Å². The lowest BCUT2D eigenvalue weighted by molar-refractivity contribution is -0.670. The number of nitrogens with one attached hydrogen (secondary N) is 1. The molecule has 0 aliphatic rings. The zero-order valence-electron chi connectivity index (χ0n) is 14.0. The number of aryl methyl sites for hydroxylation is 1. The SMILES string of the molecule is COc1ccc(C(=O)C[n+]2c(C)csc2Nc2ccccc2)cc1.[Br-]. The van der Waals surface area contributed by atoms with Crippen LogP contribution >= 0.6 is 11.3 Å². The molecule has 3 rings (SSSR count). The number of anilines is 2. The number of ketones is 1. The number of methoxy groups -OCH3 is 1. The van der Waals surface area contributed by atoms with E-state index >= 15 is 0 Å². The van der Waals surface area contributed by atoms with Crippen molar-refractivity contribution < 1.29 is 31.1 Å². The van der Waals surface area contributed by atoms with Crippen LogP contribution in [0.2, 0.25) is 0 Å². The van der Waals surface area contributed by atoms with Gasteiger partial charge in [-0.05, 0) is 43.3 Å². The van der Waals surface area contributed by atoms with Crippen molar-refractivity contribution in [2.45, 2.75) is 13.5 Å². The first-order valence-corrected chi connectivity index (χ1v) is 8.52. The third-order valence-electron chi connectivity index (χ3n) is 3.75. The number of ether oxygens (including phenoxy) is 1. The summed E-state index contributed by atoms with van der Waals surface area (Å²) >= 11 is 1.59. The van der Waals surface area contributed by atoms with Gasteiger partial charge >= 0.3 is 5.13 Å². The molecule has 25 heavy (non-hydrogen) atoms. The molecular formula is C19H19BrN2O2S. The molecule has 0 radical (unpaired) electrons. The molecule has 0 atom stereocenters. The van der Waals surface area contributed by atoms with Crippen LogP contribution in [-0.4, -0.2) is 12.9 Å². The first-order chi connectivity index (χ1) is 11.7. The summed E-state index contributed by atoms with van der Waals surface area (Å²) in [5.41, 5.74) is 2.74. The number of aromatic nitrogens is 1. The number of hydrogen-bond donors (Lipinski definition) is 1. The van der Waals surface area contributed by atoms with Crippen molar-refractivity contribution in [3.05, 3.63) is 71.2 Å². The van der Waals surface area contributed by atoms with Crippen LogP contribution in [0.1, 0.15) is 16.1 Å². The third kappa shape index (κ3) is 4.67. The van der Waals surface area contributed by atoms with Crippen LogP contribution in [0.25, 0.3) is 0 Å². The van der Waals surface area contributed by atoms with E-state index in [1.54, 1.807) is 30.6 Å². The molecule has 0 unspecified atom stereocenters.